The van der Waals surface area contributed by atoms with Gasteiger partial charge in [0.05, 0.1) is 0 Å². The summed E-state index contributed by atoms with van der Waals surface area (Å²) in [5, 5.41) is 16.6. The first-order valence-electron chi connectivity index (χ1n) is 4.90. The molecule has 1 radical (unpaired) electrons. The maximum atomic E-state index is 10.1. The van der Waals surface area contributed by atoms with E-state index >= 15 is 0 Å². The Hall–Kier alpha value is -2.22. The Morgan fingerprint density at radius 1 is 0.800 bits per heavy atom. The van der Waals surface area contributed by atoms with Gasteiger partial charge in [-0.25, -0.2) is 19.6 Å². The second kappa shape index (κ2) is 10.7. The van der Waals surface area contributed by atoms with Gasteiger partial charge in [0.15, 0.2) is 0 Å². The molecule has 0 aliphatic heterocycles. The van der Waals surface area contributed by atoms with Gasteiger partial charge in [-0.15, -0.1) is 0 Å². The molecule has 2 N–H and O–H groups in total. The van der Waals surface area contributed by atoms with E-state index in [1.165, 1.54) is 24.5 Å². The molecule has 0 aromatic carbocycles. The van der Waals surface area contributed by atoms with Crippen LogP contribution in [0, 0.1) is 0 Å². The summed E-state index contributed by atoms with van der Waals surface area (Å²) in [5.74, 6) is -1.98. The number of carboxylic acid groups (broad SMARTS) is 2. The van der Waals surface area contributed by atoms with E-state index in [0.717, 1.165) is 0 Å². The molecule has 0 bridgehead atoms. The average Bonchev–Trinajstić information content (AvgIpc) is 2.41. The second-order valence-corrected chi connectivity index (χ2v) is 3.04. The topological polar surface area (TPSA) is 129 Å². The average molecular weight is 313 g/mol. The Morgan fingerprint density at radius 2 is 1.15 bits per heavy atom. The van der Waals surface area contributed by atoms with Crippen molar-refractivity contribution in [1.82, 2.24) is 9.97 Å². The Morgan fingerprint density at radius 3 is 1.30 bits per heavy atom. The van der Waals surface area contributed by atoms with Gasteiger partial charge in [0, 0.05) is 30.9 Å². The number of nitrogens with zero attached hydrogens (tertiary/aromatic N) is 2. The van der Waals surface area contributed by atoms with Gasteiger partial charge in [-0.1, -0.05) is 12.1 Å². The largest absolute Gasteiger partial charge is 2.00 e. The fourth-order valence-electron chi connectivity index (χ4n) is 0.979. The molecule has 20 heavy (non-hydrogen) atoms. The van der Waals surface area contributed by atoms with Crippen molar-refractivity contribution in [3.63, 3.8) is 0 Å². The van der Waals surface area contributed by atoms with Gasteiger partial charge < -0.3 is 15.7 Å². The minimum atomic E-state index is -0.990. The molecule has 2 heterocycles. The number of pyridine rings is 2. The van der Waals surface area contributed by atoms with E-state index in [2.05, 4.69) is 9.97 Å². The van der Waals surface area contributed by atoms with E-state index in [1.807, 2.05) is 0 Å². The zero-order valence-corrected chi connectivity index (χ0v) is 11.5. The summed E-state index contributed by atoms with van der Waals surface area (Å²) < 4.78 is 0. The molecular formula is C12H10N2O5V-2. The van der Waals surface area contributed by atoms with Crippen LogP contribution >= 0.6 is 0 Å². The minimum Gasteiger partial charge on any atom is -2.00 e. The summed E-state index contributed by atoms with van der Waals surface area (Å²) >= 11 is 0. The van der Waals surface area contributed by atoms with Crippen LogP contribution in [0.4, 0.5) is 0 Å². The van der Waals surface area contributed by atoms with E-state index in [1.54, 1.807) is 24.3 Å². The smallest absolute Gasteiger partial charge is 0.354 e. The Balaban J connectivity index is 0. The number of aromatic carboxylic acids is 2. The molecule has 0 spiro atoms. The third-order valence-electron chi connectivity index (χ3n) is 1.77. The second-order valence-electron chi connectivity index (χ2n) is 3.04. The third-order valence-corrected chi connectivity index (χ3v) is 1.77. The summed E-state index contributed by atoms with van der Waals surface area (Å²) in [5.41, 5.74) is 0.162. The predicted octanol–water partition coefficient (Wildman–Crippen LogP) is 1.44. The van der Waals surface area contributed by atoms with Crippen LogP contribution in [0.2, 0.25) is 0 Å². The van der Waals surface area contributed by atoms with Crippen LogP contribution in [0.1, 0.15) is 21.0 Å². The van der Waals surface area contributed by atoms with E-state index < -0.39 is 11.9 Å². The van der Waals surface area contributed by atoms with Crippen molar-refractivity contribution < 1.29 is 43.8 Å². The van der Waals surface area contributed by atoms with Crippen molar-refractivity contribution in [3.8, 4) is 0 Å². The van der Waals surface area contributed by atoms with Gasteiger partial charge in [-0.05, 0) is 24.3 Å². The van der Waals surface area contributed by atoms with Crippen LogP contribution < -0.4 is 0 Å². The van der Waals surface area contributed by atoms with E-state index in [-0.39, 0.29) is 35.4 Å². The van der Waals surface area contributed by atoms with Gasteiger partial charge >= 0.3 is 11.9 Å². The number of carbonyl (C=O) groups is 2. The quantitative estimate of drug-likeness (QED) is 0.863. The van der Waals surface area contributed by atoms with Crippen molar-refractivity contribution in [2.24, 2.45) is 0 Å². The molecule has 0 atom stereocenters. The molecule has 0 aliphatic rings. The summed E-state index contributed by atoms with van der Waals surface area (Å²) in [7, 11) is 0. The molecule has 0 saturated carbocycles. The number of hydrogen-bond donors (Lipinski definition) is 2. The van der Waals surface area contributed by atoms with Crippen molar-refractivity contribution >= 4 is 11.9 Å². The van der Waals surface area contributed by atoms with Crippen molar-refractivity contribution in [2.75, 3.05) is 0 Å². The summed E-state index contributed by atoms with van der Waals surface area (Å²) in [6.07, 6.45) is 2.90. The Bertz CT molecular complexity index is 472. The molecule has 0 amide bonds. The maximum absolute atomic E-state index is 10.1. The molecule has 0 unspecified atom stereocenters. The SMILES string of the molecule is O=C(O)c1ccccn1.O=C(O)c1ccccn1.[O-2].[V]. The molecule has 0 fully saturated rings. The standard InChI is InChI=1S/2C6H5NO2.O.V/c2*8-6(9)5-3-1-2-4-7-5;;/h2*1-4H,(H,8,9);;/q;;-2;. The molecule has 2 aromatic heterocycles. The van der Waals surface area contributed by atoms with E-state index in [4.69, 9.17) is 10.2 Å². The maximum Gasteiger partial charge on any atom is 0.354 e. The van der Waals surface area contributed by atoms with E-state index in [0.29, 0.717) is 0 Å². The van der Waals surface area contributed by atoms with Gasteiger partial charge in [-0.2, -0.15) is 0 Å². The van der Waals surface area contributed by atoms with Gasteiger partial charge in [-0.3, -0.25) is 0 Å². The molecule has 2 rings (SSSR count). The Kier molecular flexibility index (Phi) is 10.7. The first-order valence-corrected chi connectivity index (χ1v) is 4.90. The Labute approximate surface area is 126 Å². The van der Waals surface area contributed by atoms with Gasteiger partial charge in [0.25, 0.3) is 0 Å². The van der Waals surface area contributed by atoms with Gasteiger partial charge in [0.2, 0.25) is 0 Å². The molecule has 2 aromatic rings. The zero-order chi connectivity index (χ0) is 13.4. The third kappa shape index (κ3) is 7.27. The molecule has 0 saturated heterocycles. The number of carboxylic acids is 2. The molecular weight excluding hydrogens is 303 g/mol. The normalized spacial score (nSPS) is 8.00. The van der Waals surface area contributed by atoms with Crippen LogP contribution in [0.3, 0.4) is 0 Å². The van der Waals surface area contributed by atoms with Crippen molar-refractivity contribution in [2.45, 2.75) is 0 Å². The zero-order valence-electron chi connectivity index (χ0n) is 10.1. The number of hydrogen-bond acceptors (Lipinski definition) is 4. The summed E-state index contributed by atoms with van der Waals surface area (Å²) in [4.78, 5) is 27.4. The molecule has 105 valence electrons. The fraction of sp³-hybridized carbons (Fsp3) is 0. The molecule has 0 aliphatic carbocycles. The van der Waals surface area contributed by atoms with Crippen molar-refractivity contribution in [1.29, 1.82) is 0 Å². The summed E-state index contributed by atoms with van der Waals surface area (Å²) in [6, 6.07) is 9.51. The van der Waals surface area contributed by atoms with Crippen LogP contribution in [-0.2, 0) is 24.0 Å². The molecule has 7 nitrogen and oxygen atoms in total. The van der Waals surface area contributed by atoms with Crippen LogP contribution in [0.5, 0.6) is 0 Å². The van der Waals surface area contributed by atoms with Crippen molar-refractivity contribution in [3.05, 3.63) is 60.2 Å². The summed E-state index contributed by atoms with van der Waals surface area (Å²) in [6.45, 7) is 0. The monoisotopic (exact) mass is 313 g/mol. The van der Waals surface area contributed by atoms with E-state index in [9.17, 15) is 9.59 Å². The minimum absolute atomic E-state index is 0. The fourth-order valence-corrected chi connectivity index (χ4v) is 0.979. The first-order chi connectivity index (χ1) is 8.61. The van der Waals surface area contributed by atoms with Gasteiger partial charge in [0.1, 0.15) is 11.4 Å². The first kappa shape index (κ1) is 20.1. The predicted molar refractivity (Wildman–Crippen MR) is 63.1 cm³/mol. The number of aromatic nitrogens is 2. The van der Waals surface area contributed by atoms with Crippen LogP contribution in [0.15, 0.2) is 48.8 Å². The number of rotatable bonds is 2. The van der Waals surface area contributed by atoms with Crippen LogP contribution in [0.25, 0.3) is 0 Å². The molecule has 8 heteroatoms. The van der Waals surface area contributed by atoms with Crippen LogP contribution in [-0.4, -0.2) is 32.1 Å².